The minimum absolute atomic E-state index is 0.0858. The minimum atomic E-state index is -1.42. The second kappa shape index (κ2) is 11.7. The van der Waals surface area contributed by atoms with Crippen molar-refractivity contribution < 1.29 is 33.4 Å². The number of amides is 1. The van der Waals surface area contributed by atoms with Gasteiger partial charge in [-0.05, 0) is 87.0 Å². The third-order valence-corrected chi connectivity index (χ3v) is 7.83. The Kier molecular flexibility index (Phi) is 8.54. The van der Waals surface area contributed by atoms with Crippen LogP contribution in [0, 0.1) is 25.6 Å². The quantitative estimate of drug-likeness (QED) is 0.246. The standard InChI is InChI=1S/C31H32FNO6S/c1-18-14-21(15-19(2)28(18)39-31(3,4)29(35)36)25-16-33(30(37)38-23-10-8-22(32)9-11-23)17-26(25)27(34)20-6-12-24(40-5)13-7-20/h6-15,25-26H,16-17H2,1-5H3,(H,35,36). The van der Waals surface area contributed by atoms with E-state index in [9.17, 15) is 23.9 Å². The highest BCUT2D eigenvalue weighted by atomic mass is 32.2. The maximum atomic E-state index is 13.8. The van der Waals surface area contributed by atoms with Gasteiger partial charge in [-0.1, -0.05) is 24.3 Å². The second-order valence-corrected chi connectivity index (χ2v) is 11.3. The fourth-order valence-corrected chi connectivity index (χ4v) is 5.26. The molecule has 0 aromatic heterocycles. The molecule has 0 aliphatic carbocycles. The van der Waals surface area contributed by atoms with Gasteiger partial charge in [-0.3, -0.25) is 4.79 Å². The number of aryl methyl sites for hydroxylation is 2. The number of carboxylic acid groups (broad SMARTS) is 1. The third-order valence-electron chi connectivity index (χ3n) is 7.09. The number of hydrogen-bond acceptors (Lipinski definition) is 6. The largest absolute Gasteiger partial charge is 0.478 e. The molecule has 1 heterocycles. The number of carbonyl (C=O) groups excluding carboxylic acids is 2. The fraction of sp³-hybridized carbons (Fsp3) is 0.323. The van der Waals surface area contributed by atoms with Crippen molar-refractivity contribution >= 4 is 29.6 Å². The van der Waals surface area contributed by atoms with Gasteiger partial charge in [-0.15, -0.1) is 11.8 Å². The fourth-order valence-electron chi connectivity index (χ4n) is 4.85. The molecule has 0 bridgehead atoms. The monoisotopic (exact) mass is 565 g/mol. The van der Waals surface area contributed by atoms with Gasteiger partial charge in [-0.25, -0.2) is 14.0 Å². The first-order valence-corrected chi connectivity index (χ1v) is 14.1. The number of carboxylic acids is 1. The average molecular weight is 566 g/mol. The summed E-state index contributed by atoms with van der Waals surface area (Å²) in [7, 11) is 0. The number of rotatable bonds is 8. The van der Waals surface area contributed by atoms with Crippen molar-refractivity contribution in [2.45, 2.75) is 44.1 Å². The summed E-state index contributed by atoms with van der Waals surface area (Å²) in [5.74, 6) is -1.81. The van der Waals surface area contributed by atoms with Gasteiger partial charge in [0.25, 0.3) is 0 Å². The number of carbonyl (C=O) groups is 3. The summed E-state index contributed by atoms with van der Waals surface area (Å²) in [6.07, 6.45) is 1.34. The van der Waals surface area contributed by atoms with Crippen LogP contribution in [-0.2, 0) is 4.79 Å². The number of Topliss-reactive ketones (excluding diaryl/α,β-unsaturated/α-hetero) is 1. The highest BCUT2D eigenvalue weighted by molar-refractivity contribution is 7.98. The molecule has 7 nitrogen and oxygen atoms in total. The summed E-state index contributed by atoms with van der Waals surface area (Å²) >= 11 is 1.58. The topological polar surface area (TPSA) is 93.1 Å². The zero-order valence-electron chi connectivity index (χ0n) is 23.1. The lowest BCUT2D eigenvalue weighted by molar-refractivity contribution is -0.152. The van der Waals surface area contributed by atoms with Crippen molar-refractivity contribution in [1.82, 2.24) is 4.90 Å². The molecule has 1 fully saturated rings. The first-order chi connectivity index (χ1) is 18.9. The lowest BCUT2D eigenvalue weighted by Crippen LogP contribution is -2.38. The Morgan fingerprint density at radius 1 is 0.975 bits per heavy atom. The Morgan fingerprint density at radius 2 is 1.57 bits per heavy atom. The van der Waals surface area contributed by atoms with Gasteiger partial charge in [-0.2, -0.15) is 0 Å². The van der Waals surface area contributed by atoms with Crippen molar-refractivity contribution in [2.24, 2.45) is 5.92 Å². The van der Waals surface area contributed by atoms with Crippen molar-refractivity contribution in [1.29, 1.82) is 0 Å². The van der Waals surface area contributed by atoms with Gasteiger partial charge >= 0.3 is 12.1 Å². The van der Waals surface area contributed by atoms with E-state index in [0.29, 0.717) is 11.3 Å². The van der Waals surface area contributed by atoms with Crippen LogP contribution in [0.5, 0.6) is 11.5 Å². The molecule has 1 aliphatic rings. The van der Waals surface area contributed by atoms with E-state index in [2.05, 4.69) is 0 Å². The van der Waals surface area contributed by atoms with Crippen LogP contribution in [0.4, 0.5) is 9.18 Å². The normalized spacial score (nSPS) is 17.0. The summed E-state index contributed by atoms with van der Waals surface area (Å²) < 4.78 is 24.6. The molecule has 1 amide bonds. The smallest absolute Gasteiger partial charge is 0.415 e. The van der Waals surface area contributed by atoms with E-state index in [-0.39, 0.29) is 30.5 Å². The number of halogens is 1. The molecule has 2 atom stereocenters. The summed E-state index contributed by atoms with van der Waals surface area (Å²) in [6.45, 7) is 7.02. The molecule has 3 aromatic carbocycles. The molecule has 1 saturated heterocycles. The van der Waals surface area contributed by atoms with E-state index in [1.54, 1.807) is 23.9 Å². The van der Waals surface area contributed by atoms with Crippen molar-refractivity contribution in [3.63, 3.8) is 0 Å². The van der Waals surface area contributed by atoms with E-state index >= 15 is 0 Å². The van der Waals surface area contributed by atoms with E-state index in [1.807, 2.05) is 44.4 Å². The number of thioether (sulfide) groups is 1. The van der Waals surface area contributed by atoms with Crippen LogP contribution in [0.2, 0.25) is 0 Å². The van der Waals surface area contributed by atoms with Gasteiger partial charge in [0.05, 0.1) is 0 Å². The van der Waals surface area contributed by atoms with Crippen LogP contribution in [0.25, 0.3) is 0 Å². The predicted molar refractivity (Wildman–Crippen MR) is 151 cm³/mol. The molecule has 9 heteroatoms. The van der Waals surface area contributed by atoms with Crippen molar-refractivity contribution in [3.05, 3.63) is 88.7 Å². The number of likely N-dealkylation sites (tertiary alicyclic amines) is 1. The van der Waals surface area contributed by atoms with Crippen molar-refractivity contribution in [3.8, 4) is 11.5 Å². The summed E-state index contributed by atoms with van der Waals surface area (Å²) in [5, 5.41) is 9.52. The number of benzene rings is 3. The number of nitrogens with zero attached hydrogens (tertiary/aromatic N) is 1. The molecule has 0 spiro atoms. The Morgan fingerprint density at radius 3 is 2.12 bits per heavy atom. The van der Waals surface area contributed by atoms with E-state index in [4.69, 9.17) is 9.47 Å². The third kappa shape index (κ3) is 6.31. The highest BCUT2D eigenvalue weighted by Gasteiger charge is 2.42. The summed E-state index contributed by atoms with van der Waals surface area (Å²) in [5.41, 5.74) is 1.43. The predicted octanol–water partition coefficient (Wildman–Crippen LogP) is 6.50. The van der Waals surface area contributed by atoms with Gasteiger partial charge in [0.2, 0.25) is 0 Å². The van der Waals surface area contributed by atoms with E-state index in [0.717, 1.165) is 21.6 Å². The Balaban J connectivity index is 1.66. The zero-order chi connectivity index (χ0) is 29.2. The summed E-state index contributed by atoms with van der Waals surface area (Å²) in [4.78, 5) is 41.0. The maximum absolute atomic E-state index is 13.8. The molecule has 2 unspecified atom stereocenters. The maximum Gasteiger partial charge on any atom is 0.415 e. The van der Waals surface area contributed by atoms with Gasteiger partial charge in [0, 0.05) is 35.4 Å². The van der Waals surface area contributed by atoms with Crippen molar-refractivity contribution in [2.75, 3.05) is 19.3 Å². The molecule has 210 valence electrons. The van der Waals surface area contributed by atoms with E-state index < -0.39 is 29.4 Å². The van der Waals surface area contributed by atoms with Gasteiger partial charge in [0.15, 0.2) is 11.4 Å². The molecule has 3 aromatic rings. The molecule has 1 aliphatic heterocycles. The molecule has 40 heavy (non-hydrogen) atoms. The molecular weight excluding hydrogens is 533 g/mol. The van der Waals surface area contributed by atoms with Crippen LogP contribution in [0.15, 0.2) is 65.6 Å². The highest BCUT2D eigenvalue weighted by Crippen LogP contribution is 2.39. The van der Waals surface area contributed by atoms with Crippen LogP contribution >= 0.6 is 11.8 Å². The van der Waals surface area contributed by atoms with Crippen LogP contribution < -0.4 is 9.47 Å². The first-order valence-electron chi connectivity index (χ1n) is 12.8. The number of aliphatic carboxylic acids is 1. The molecular formula is C31H32FNO6S. The second-order valence-electron chi connectivity index (χ2n) is 10.4. The number of hydrogen-bond donors (Lipinski definition) is 1. The Hall–Kier alpha value is -3.85. The summed E-state index contributed by atoms with van der Waals surface area (Å²) in [6, 6.07) is 16.3. The zero-order valence-corrected chi connectivity index (χ0v) is 23.9. The van der Waals surface area contributed by atoms with Crippen LogP contribution in [-0.4, -0.2) is 52.8 Å². The van der Waals surface area contributed by atoms with Gasteiger partial charge in [0.1, 0.15) is 17.3 Å². The van der Waals surface area contributed by atoms with Gasteiger partial charge < -0.3 is 19.5 Å². The number of ketones is 1. The lowest BCUT2D eigenvalue weighted by Gasteiger charge is -2.26. The average Bonchev–Trinajstić information content (AvgIpc) is 3.37. The Labute approximate surface area is 237 Å². The van der Waals surface area contributed by atoms with Crippen LogP contribution in [0.3, 0.4) is 0 Å². The SMILES string of the molecule is CSc1ccc(C(=O)C2CN(C(=O)Oc3ccc(F)cc3)CC2c2cc(C)c(OC(C)(C)C(=O)O)c(C)c2)cc1. The first kappa shape index (κ1) is 29.1. The molecule has 1 N–H and O–H groups in total. The minimum Gasteiger partial charge on any atom is -0.478 e. The molecule has 0 saturated carbocycles. The van der Waals surface area contributed by atoms with Crippen LogP contribution in [0.1, 0.15) is 46.8 Å². The van der Waals surface area contributed by atoms with E-state index in [1.165, 1.54) is 43.0 Å². The lowest BCUT2D eigenvalue weighted by atomic mass is 9.82. The molecule has 0 radical (unpaired) electrons. The number of ether oxygens (including phenoxy) is 2. The molecule has 4 rings (SSSR count). The Bertz CT molecular complexity index is 1400.